The molecule has 0 heterocycles. The molecule has 0 aromatic heterocycles. The Morgan fingerprint density at radius 1 is 1.41 bits per heavy atom. The average molecular weight is 243 g/mol. The molecular weight excluding hydrogens is 231 g/mol. The molecule has 2 rings (SSSR count). The van der Waals surface area contributed by atoms with Crippen LogP contribution < -0.4 is 0 Å². The van der Waals surface area contributed by atoms with Crippen molar-refractivity contribution in [3.8, 4) is 0 Å². The molecule has 1 aliphatic rings. The molecular formula is C12H12F3NO. The molecule has 92 valence electrons. The molecule has 0 saturated heterocycles. The molecule has 1 aromatic rings. The van der Waals surface area contributed by atoms with E-state index in [1.807, 2.05) is 0 Å². The third-order valence-electron chi connectivity index (χ3n) is 2.70. The van der Waals surface area contributed by atoms with E-state index < -0.39 is 18.1 Å². The van der Waals surface area contributed by atoms with Gasteiger partial charge in [-0.2, -0.15) is 8.78 Å². The first-order valence-corrected chi connectivity index (χ1v) is 5.41. The van der Waals surface area contributed by atoms with Crippen LogP contribution in [0.3, 0.4) is 0 Å². The lowest BCUT2D eigenvalue weighted by Gasteiger charge is -2.22. The molecule has 0 spiro atoms. The quantitative estimate of drug-likeness (QED) is 0.796. The molecule has 0 radical (unpaired) electrons. The van der Waals surface area contributed by atoms with Crippen molar-refractivity contribution in [3.05, 3.63) is 35.6 Å². The van der Waals surface area contributed by atoms with Gasteiger partial charge >= 0.3 is 6.43 Å². The Morgan fingerprint density at radius 2 is 2.12 bits per heavy atom. The third-order valence-corrected chi connectivity index (χ3v) is 2.70. The number of hydrogen-bond acceptors (Lipinski definition) is 1. The Labute approximate surface area is 97.0 Å². The summed E-state index contributed by atoms with van der Waals surface area (Å²) in [6.45, 7) is 0.0472. The van der Waals surface area contributed by atoms with E-state index >= 15 is 0 Å². The number of hydrogen-bond donors (Lipinski definition) is 0. The lowest BCUT2D eigenvalue weighted by atomic mass is 10.2. The smallest absolute Gasteiger partial charge is 0.315 e. The monoisotopic (exact) mass is 243 g/mol. The number of rotatable bonds is 4. The van der Waals surface area contributed by atoms with Gasteiger partial charge in [0.1, 0.15) is 5.82 Å². The standard InChI is InChI=1S/C12H12F3NO/c13-9-3-1-2-8(6-9)7-16(10-4-5-10)12(17)11(14)15/h1-3,6,10-11H,4-5,7H2. The van der Waals surface area contributed by atoms with Gasteiger partial charge in [0.2, 0.25) is 0 Å². The van der Waals surface area contributed by atoms with Gasteiger partial charge in [0.15, 0.2) is 0 Å². The lowest BCUT2D eigenvalue weighted by Crippen LogP contribution is -2.36. The molecule has 1 fully saturated rings. The van der Waals surface area contributed by atoms with Crippen LogP contribution in [0.5, 0.6) is 0 Å². The average Bonchev–Trinajstić information content (AvgIpc) is 3.09. The second-order valence-electron chi connectivity index (χ2n) is 4.13. The molecule has 1 amide bonds. The van der Waals surface area contributed by atoms with E-state index in [1.54, 1.807) is 6.07 Å². The number of halogens is 3. The van der Waals surface area contributed by atoms with Crippen LogP contribution in [0.25, 0.3) is 0 Å². The summed E-state index contributed by atoms with van der Waals surface area (Å²) in [5.41, 5.74) is 0.533. The summed E-state index contributed by atoms with van der Waals surface area (Å²) in [6, 6.07) is 5.55. The van der Waals surface area contributed by atoms with Crippen molar-refractivity contribution in [1.82, 2.24) is 4.90 Å². The van der Waals surface area contributed by atoms with Crippen molar-refractivity contribution < 1.29 is 18.0 Å². The highest BCUT2D eigenvalue weighted by atomic mass is 19.3. The topological polar surface area (TPSA) is 20.3 Å². The third kappa shape index (κ3) is 2.99. The summed E-state index contributed by atoms with van der Waals surface area (Å²) in [6.07, 6.45) is -1.51. The fourth-order valence-electron chi connectivity index (χ4n) is 1.73. The van der Waals surface area contributed by atoms with E-state index in [0.29, 0.717) is 5.56 Å². The first-order chi connectivity index (χ1) is 8.08. The maximum Gasteiger partial charge on any atom is 0.315 e. The van der Waals surface area contributed by atoms with Gasteiger partial charge in [-0.15, -0.1) is 0 Å². The van der Waals surface area contributed by atoms with Gasteiger partial charge in [-0.3, -0.25) is 4.79 Å². The van der Waals surface area contributed by atoms with Crippen molar-refractivity contribution in [2.24, 2.45) is 0 Å². The number of amides is 1. The highest BCUT2D eigenvalue weighted by Gasteiger charge is 2.36. The molecule has 1 saturated carbocycles. The molecule has 0 bridgehead atoms. The Morgan fingerprint density at radius 3 is 2.65 bits per heavy atom. The zero-order chi connectivity index (χ0) is 12.4. The molecule has 0 N–H and O–H groups in total. The number of benzene rings is 1. The zero-order valence-corrected chi connectivity index (χ0v) is 9.07. The van der Waals surface area contributed by atoms with Gasteiger partial charge in [0, 0.05) is 12.6 Å². The largest absolute Gasteiger partial charge is 0.330 e. The summed E-state index contributed by atoms with van der Waals surface area (Å²) < 4.78 is 37.7. The van der Waals surface area contributed by atoms with E-state index in [9.17, 15) is 18.0 Å². The van der Waals surface area contributed by atoms with Crippen molar-refractivity contribution >= 4 is 5.91 Å². The van der Waals surface area contributed by atoms with Gasteiger partial charge < -0.3 is 4.90 Å². The molecule has 1 aromatic carbocycles. The van der Waals surface area contributed by atoms with E-state index in [2.05, 4.69) is 0 Å². The van der Waals surface area contributed by atoms with Crippen LogP contribution >= 0.6 is 0 Å². The first kappa shape index (κ1) is 12.0. The van der Waals surface area contributed by atoms with Crippen molar-refractivity contribution in [3.63, 3.8) is 0 Å². The Bertz CT molecular complexity index is 418. The summed E-state index contributed by atoms with van der Waals surface area (Å²) in [5, 5.41) is 0. The van der Waals surface area contributed by atoms with E-state index in [0.717, 1.165) is 17.7 Å². The maximum atomic E-state index is 12.9. The van der Waals surface area contributed by atoms with Crippen LogP contribution in [0.2, 0.25) is 0 Å². The zero-order valence-electron chi connectivity index (χ0n) is 9.07. The van der Waals surface area contributed by atoms with Gasteiger partial charge in [-0.1, -0.05) is 12.1 Å². The number of carbonyl (C=O) groups is 1. The number of alkyl halides is 2. The molecule has 0 aliphatic heterocycles. The molecule has 0 atom stereocenters. The molecule has 1 aliphatic carbocycles. The first-order valence-electron chi connectivity index (χ1n) is 5.41. The number of nitrogens with zero attached hydrogens (tertiary/aromatic N) is 1. The van der Waals surface area contributed by atoms with E-state index in [1.165, 1.54) is 18.2 Å². The van der Waals surface area contributed by atoms with Crippen molar-refractivity contribution in [2.45, 2.75) is 31.9 Å². The Kier molecular flexibility index (Phi) is 3.36. The second-order valence-corrected chi connectivity index (χ2v) is 4.13. The molecule has 2 nitrogen and oxygen atoms in total. The summed E-state index contributed by atoms with van der Waals surface area (Å²) >= 11 is 0. The molecule has 0 unspecified atom stereocenters. The molecule has 17 heavy (non-hydrogen) atoms. The minimum atomic E-state index is -3.00. The van der Waals surface area contributed by atoms with Crippen LogP contribution in [0, 0.1) is 5.82 Å². The predicted octanol–water partition coefficient (Wildman–Crippen LogP) is 2.58. The van der Waals surface area contributed by atoms with Crippen LogP contribution in [-0.2, 0) is 11.3 Å². The minimum Gasteiger partial charge on any atom is -0.330 e. The Hall–Kier alpha value is -1.52. The van der Waals surface area contributed by atoms with Crippen LogP contribution in [0.1, 0.15) is 18.4 Å². The van der Waals surface area contributed by atoms with Crippen molar-refractivity contribution in [1.29, 1.82) is 0 Å². The van der Waals surface area contributed by atoms with E-state index in [-0.39, 0.29) is 12.6 Å². The van der Waals surface area contributed by atoms with Crippen LogP contribution in [0.4, 0.5) is 13.2 Å². The van der Waals surface area contributed by atoms with Crippen molar-refractivity contribution in [2.75, 3.05) is 0 Å². The lowest BCUT2D eigenvalue weighted by molar-refractivity contribution is -0.144. The second kappa shape index (κ2) is 4.77. The normalized spacial score (nSPS) is 15.1. The maximum absolute atomic E-state index is 12.9. The number of carbonyl (C=O) groups excluding carboxylic acids is 1. The van der Waals surface area contributed by atoms with Gasteiger partial charge in [0.25, 0.3) is 5.91 Å². The van der Waals surface area contributed by atoms with E-state index in [4.69, 9.17) is 0 Å². The summed E-state index contributed by atoms with van der Waals surface area (Å²) in [7, 11) is 0. The Balaban J connectivity index is 2.10. The SMILES string of the molecule is O=C(C(F)F)N(Cc1cccc(F)c1)C1CC1. The predicted molar refractivity (Wildman–Crippen MR) is 56.0 cm³/mol. The highest BCUT2D eigenvalue weighted by Crippen LogP contribution is 2.29. The summed E-state index contributed by atoms with van der Waals surface area (Å²) in [5.74, 6) is -1.60. The summed E-state index contributed by atoms with van der Waals surface area (Å²) in [4.78, 5) is 12.4. The fourth-order valence-corrected chi connectivity index (χ4v) is 1.73. The molecule has 5 heteroatoms. The highest BCUT2D eigenvalue weighted by molar-refractivity contribution is 5.80. The minimum absolute atomic E-state index is 0.0472. The van der Waals surface area contributed by atoms with Crippen LogP contribution in [-0.4, -0.2) is 23.3 Å². The van der Waals surface area contributed by atoms with Gasteiger partial charge in [0.05, 0.1) is 0 Å². The van der Waals surface area contributed by atoms with Gasteiger partial charge in [-0.05, 0) is 30.5 Å². The van der Waals surface area contributed by atoms with Gasteiger partial charge in [-0.25, -0.2) is 4.39 Å². The van der Waals surface area contributed by atoms with Crippen LogP contribution in [0.15, 0.2) is 24.3 Å². The fraction of sp³-hybridized carbons (Fsp3) is 0.417.